The third-order valence-corrected chi connectivity index (χ3v) is 5.66. The van der Waals surface area contributed by atoms with Crippen LogP contribution in [0, 0.1) is 12.8 Å². The summed E-state index contributed by atoms with van der Waals surface area (Å²) in [4.78, 5) is 23.7. The maximum absolute atomic E-state index is 12.0. The van der Waals surface area contributed by atoms with Gasteiger partial charge in [-0.25, -0.2) is 13.1 Å². The smallest absolute Gasteiger partial charge is 0.305 e. The summed E-state index contributed by atoms with van der Waals surface area (Å²) in [7, 11) is -3.77. The molecular weight excluding hydrogens is 292 g/mol. The van der Waals surface area contributed by atoms with E-state index in [0.29, 0.717) is 17.8 Å². The number of carbonyl (C=O) groups is 1. The Labute approximate surface area is 114 Å². The van der Waals surface area contributed by atoms with Gasteiger partial charge in [-0.3, -0.25) is 9.59 Å². The van der Waals surface area contributed by atoms with Gasteiger partial charge in [0.2, 0.25) is 0 Å². The van der Waals surface area contributed by atoms with Crippen LogP contribution in [0.15, 0.2) is 9.00 Å². The van der Waals surface area contributed by atoms with Gasteiger partial charge in [0.15, 0.2) is 4.21 Å². The van der Waals surface area contributed by atoms with E-state index < -0.39 is 20.9 Å². The van der Waals surface area contributed by atoms with Crippen LogP contribution in [0.4, 0.5) is 0 Å². The van der Waals surface area contributed by atoms with Crippen molar-refractivity contribution in [2.24, 2.45) is 5.92 Å². The number of carboxylic acid groups (broad SMARTS) is 1. The highest BCUT2D eigenvalue weighted by molar-refractivity contribution is 7.91. The molecule has 108 valence electrons. The Morgan fingerprint density at radius 3 is 2.58 bits per heavy atom. The maximum atomic E-state index is 12.0. The Hall–Kier alpha value is -1.19. The fraction of sp³-hybridized carbons (Fsp3) is 0.600. The minimum Gasteiger partial charge on any atom is -0.481 e. The van der Waals surface area contributed by atoms with Crippen molar-refractivity contribution in [3.05, 3.63) is 15.4 Å². The topological polar surface area (TPSA) is 116 Å². The first-order valence-corrected chi connectivity index (χ1v) is 7.97. The van der Waals surface area contributed by atoms with Gasteiger partial charge in [-0.15, -0.1) is 0 Å². The summed E-state index contributed by atoms with van der Waals surface area (Å²) in [5.74, 6) is -1.24. The summed E-state index contributed by atoms with van der Waals surface area (Å²) >= 11 is 0.617. The number of nitrogens with one attached hydrogen (secondary N) is 2. The average molecular weight is 308 g/mol. The van der Waals surface area contributed by atoms with E-state index in [9.17, 15) is 18.0 Å². The molecule has 7 nitrogen and oxygen atoms in total. The third kappa shape index (κ3) is 4.44. The van der Waals surface area contributed by atoms with Crippen molar-refractivity contribution in [2.45, 2.75) is 30.9 Å². The normalized spacial score (nSPS) is 13.4. The second-order valence-corrected chi connectivity index (χ2v) is 7.10. The number of aliphatic carboxylic acids is 1. The number of thiazole rings is 1. The Balaban J connectivity index is 2.78. The fourth-order valence-electron chi connectivity index (χ4n) is 1.55. The van der Waals surface area contributed by atoms with Gasteiger partial charge in [-0.2, -0.15) is 0 Å². The molecule has 0 fully saturated rings. The molecular formula is C10H16N2O5S2. The van der Waals surface area contributed by atoms with Gasteiger partial charge in [-0.05, 0) is 12.8 Å². The van der Waals surface area contributed by atoms with Crippen LogP contribution in [-0.2, 0) is 14.8 Å². The van der Waals surface area contributed by atoms with Crippen LogP contribution in [-0.4, -0.2) is 31.0 Å². The van der Waals surface area contributed by atoms with Gasteiger partial charge < -0.3 is 10.1 Å². The van der Waals surface area contributed by atoms with Gasteiger partial charge in [-0.1, -0.05) is 24.7 Å². The molecule has 0 saturated heterocycles. The SMILES string of the molecule is CCC(CNS(=O)(=O)c1sc(=O)[nH]c1C)CC(=O)O. The first kappa shape index (κ1) is 15.9. The van der Waals surface area contributed by atoms with Crippen molar-refractivity contribution in [3.63, 3.8) is 0 Å². The third-order valence-electron chi connectivity index (χ3n) is 2.63. The first-order chi connectivity index (χ1) is 8.76. The van der Waals surface area contributed by atoms with Gasteiger partial charge in [0.05, 0.1) is 0 Å². The van der Waals surface area contributed by atoms with E-state index in [1.165, 1.54) is 6.92 Å². The lowest BCUT2D eigenvalue weighted by Crippen LogP contribution is -2.30. The summed E-state index contributed by atoms with van der Waals surface area (Å²) < 4.78 is 26.2. The van der Waals surface area contributed by atoms with Gasteiger partial charge in [0.1, 0.15) is 0 Å². The predicted octanol–water partition coefficient (Wildman–Crippen LogP) is 0.524. The largest absolute Gasteiger partial charge is 0.481 e. The Bertz CT molecular complexity index is 602. The van der Waals surface area contributed by atoms with Crippen LogP contribution in [0.3, 0.4) is 0 Å². The van der Waals surface area contributed by atoms with E-state index in [-0.39, 0.29) is 28.8 Å². The molecule has 19 heavy (non-hydrogen) atoms. The molecule has 0 spiro atoms. The Kier molecular flexibility index (Phi) is 5.27. The minimum atomic E-state index is -3.77. The van der Waals surface area contributed by atoms with Crippen molar-refractivity contribution >= 4 is 27.3 Å². The number of rotatable bonds is 7. The summed E-state index contributed by atoms with van der Waals surface area (Å²) in [6.45, 7) is 3.33. The quantitative estimate of drug-likeness (QED) is 0.679. The number of hydrogen-bond donors (Lipinski definition) is 3. The number of H-pyrrole nitrogens is 1. The van der Waals surface area contributed by atoms with Crippen molar-refractivity contribution in [1.29, 1.82) is 0 Å². The molecule has 1 atom stereocenters. The van der Waals surface area contributed by atoms with Gasteiger partial charge >= 0.3 is 10.8 Å². The molecule has 1 aromatic heterocycles. The number of aromatic nitrogens is 1. The number of aromatic amines is 1. The van der Waals surface area contributed by atoms with E-state index >= 15 is 0 Å². The van der Waals surface area contributed by atoms with E-state index in [1.54, 1.807) is 6.92 Å². The predicted molar refractivity (Wildman–Crippen MR) is 70.9 cm³/mol. The fourth-order valence-corrected chi connectivity index (χ4v) is 4.01. The monoisotopic (exact) mass is 308 g/mol. The standard InChI is InChI=1S/C10H16N2O5S2/c1-3-7(4-8(13)14)5-11-19(16,17)9-6(2)12-10(15)18-9/h7,11H,3-5H2,1-2H3,(H,12,15)(H,13,14). The van der Waals surface area contributed by atoms with E-state index in [0.717, 1.165) is 0 Å². The molecule has 0 aliphatic carbocycles. The highest BCUT2D eigenvalue weighted by Crippen LogP contribution is 2.16. The maximum Gasteiger partial charge on any atom is 0.305 e. The summed E-state index contributed by atoms with van der Waals surface area (Å²) in [5, 5.41) is 8.69. The molecule has 0 bridgehead atoms. The molecule has 1 aromatic rings. The van der Waals surface area contributed by atoms with Crippen LogP contribution < -0.4 is 9.60 Å². The Morgan fingerprint density at radius 1 is 1.53 bits per heavy atom. The van der Waals surface area contributed by atoms with Crippen LogP contribution in [0.25, 0.3) is 0 Å². The van der Waals surface area contributed by atoms with Crippen molar-refractivity contribution in [2.75, 3.05) is 6.54 Å². The number of aryl methyl sites for hydroxylation is 1. The zero-order chi connectivity index (χ0) is 14.6. The molecule has 1 unspecified atom stereocenters. The molecule has 0 radical (unpaired) electrons. The second-order valence-electron chi connectivity index (χ2n) is 4.15. The first-order valence-electron chi connectivity index (χ1n) is 5.67. The summed E-state index contributed by atoms with van der Waals surface area (Å²) in [6, 6.07) is 0. The van der Waals surface area contributed by atoms with Crippen molar-refractivity contribution in [1.82, 2.24) is 9.71 Å². The number of hydrogen-bond acceptors (Lipinski definition) is 5. The molecule has 1 heterocycles. The van der Waals surface area contributed by atoms with Crippen LogP contribution in [0.1, 0.15) is 25.5 Å². The van der Waals surface area contributed by atoms with Crippen molar-refractivity contribution < 1.29 is 18.3 Å². The zero-order valence-electron chi connectivity index (χ0n) is 10.6. The highest BCUT2D eigenvalue weighted by Gasteiger charge is 2.22. The zero-order valence-corrected chi connectivity index (χ0v) is 12.2. The van der Waals surface area contributed by atoms with E-state index in [1.807, 2.05) is 0 Å². The molecule has 0 amide bonds. The van der Waals surface area contributed by atoms with Gasteiger partial charge in [0.25, 0.3) is 10.0 Å². The summed E-state index contributed by atoms with van der Waals surface area (Å²) in [5.41, 5.74) is 0.286. The summed E-state index contributed by atoms with van der Waals surface area (Å²) in [6.07, 6.45) is 0.457. The van der Waals surface area contributed by atoms with E-state index in [4.69, 9.17) is 5.11 Å². The van der Waals surface area contributed by atoms with Crippen molar-refractivity contribution in [3.8, 4) is 0 Å². The molecule has 0 aromatic carbocycles. The lowest BCUT2D eigenvalue weighted by molar-refractivity contribution is -0.138. The molecule has 1 rings (SSSR count). The van der Waals surface area contributed by atoms with Gasteiger partial charge in [0, 0.05) is 18.7 Å². The molecule has 0 aliphatic rings. The molecule has 9 heteroatoms. The Morgan fingerprint density at radius 2 is 2.16 bits per heavy atom. The lowest BCUT2D eigenvalue weighted by Gasteiger charge is -2.13. The molecule has 3 N–H and O–H groups in total. The highest BCUT2D eigenvalue weighted by atomic mass is 32.2. The number of carboxylic acids is 1. The second kappa shape index (κ2) is 6.31. The van der Waals surface area contributed by atoms with E-state index in [2.05, 4.69) is 9.71 Å². The average Bonchev–Trinajstić information content (AvgIpc) is 2.64. The lowest BCUT2D eigenvalue weighted by atomic mass is 10.0. The molecule has 0 aliphatic heterocycles. The van der Waals surface area contributed by atoms with Crippen LogP contribution >= 0.6 is 11.3 Å². The molecule has 0 saturated carbocycles. The van der Waals surface area contributed by atoms with Crippen LogP contribution in [0.5, 0.6) is 0 Å². The number of sulfonamides is 1. The van der Waals surface area contributed by atoms with Crippen LogP contribution in [0.2, 0.25) is 0 Å². The minimum absolute atomic E-state index is 0.0384.